The number of hydrogen-bond acceptors (Lipinski definition) is 4. The van der Waals surface area contributed by atoms with Crippen molar-refractivity contribution < 1.29 is 14.4 Å². The van der Waals surface area contributed by atoms with E-state index < -0.39 is 0 Å². The maximum atomic E-state index is 12.3. The molecule has 128 valence electrons. The number of nitrogens with zero attached hydrogens (tertiary/aromatic N) is 1. The highest BCUT2D eigenvalue weighted by atomic mass is 32.2. The molecule has 5 nitrogen and oxygen atoms in total. The number of carbonyl (C=O) groups is 3. The highest BCUT2D eigenvalue weighted by Gasteiger charge is 2.41. The number of nitrogens with one attached hydrogen (secondary N) is 1. The van der Waals surface area contributed by atoms with E-state index in [-0.39, 0.29) is 34.9 Å². The Morgan fingerprint density at radius 3 is 2.62 bits per heavy atom. The number of carbonyl (C=O) groups excluding carboxylic acids is 3. The highest BCUT2D eigenvalue weighted by Crippen LogP contribution is 2.30. The third-order valence-electron chi connectivity index (χ3n) is 4.68. The van der Waals surface area contributed by atoms with E-state index in [0.717, 1.165) is 43.0 Å². The molecule has 6 heteroatoms. The van der Waals surface area contributed by atoms with Gasteiger partial charge >= 0.3 is 0 Å². The standard InChI is InChI=1S/C18H22N2O3S/c21-16(11-10-13-6-2-1-3-7-13)19-14-8-4-5-9-15(14)20-17(22)12-24-18(20)23/h1-3,6-7,14-15H,4-5,8-12H2,(H,19,21). The third kappa shape index (κ3) is 3.98. The Kier molecular flexibility index (Phi) is 5.56. The van der Waals surface area contributed by atoms with Crippen LogP contribution in [0.5, 0.6) is 0 Å². The van der Waals surface area contributed by atoms with Crippen molar-refractivity contribution in [1.82, 2.24) is 10.2 Å². The number of hydrogen-bond donors (Lipinski definition) is 1. The van der Waals surface area contributed by atoms with E-state index in [9.17, 15) is 14.4 Å². The van der Waals surface area contributed by atoms with Crippen molar-refractivity contribution in [2.24, 2.45) is 0 Å². The Morgan fingerprint density at radius 2 is 1.92 bits per heavy atom. The number of imide groups is 1. The number of rotatable bonds is 5. The Morgan fingerprint density at radius 1 is 1.17 bits per heavy atom. The lowest BCUT2D eigenvalue weighted by Crippen LogP contribution is -2.54. The van der Waals surface area contributed by atoms with Crippen LogP contribution >= 0.6 is 11.8 Å². The molecule has 0 spiro atoms. The third-order valence-corrected chi connectivity index (χ3v) is 5.51. The van der Waals surface area contributed by atoms with Gasteiger partial charge in [-0.15, -0.1) is 0 Å². The summed E-state index contributed by atoms with van der Waals surface area (Å²) in [6.45, 7) is 0. The first-order valence-electron chi connectivity index (χ1n) is 8.47. The Labute approximate surface area is 146 Å². The second-order valence-corrected chi connectivity index (χ2v) is 7.26. The summed E-state index contributed by atoms with van der Waals surface area (Å²) in [6.07, 6.45) is 4.72. The van der Waals surface area contributed by atoms with Crippen LogP contribution in [0.1, 0.15) is 37.7 Å². The minimum atomic E-state index is -0.186. The van der Waals surface area contributed by atoms with Gasteiger partial charge in [-0.3, -0.25) is 19.3 Å². The first kappa shape index (κ1) is 17.0. The van der Waals surface area contributed by atoms with E-state index in [2.05, 4.69) is 5.32 Å². The molecule has 1 aliphatic carbocycles. The summed E-state index contributed by atoms with van der Waals surface area (Å²) in [5.41, 5.74) is 1.13. The molecule has 1 aromatic carbocycles. The fourth-order valence-electron chi connectivity index (χ4n) is 3.45. The van der Waals surface area contributed by atoms with Crippen LogP contribution in [0.15, 0.2) is 30.3 Å². The zero-order valence-electron chi connectivity index (χ0n) is 13.6. The van der Waals surface area contributed by atoms with Crippen LogP contribution in [0, 0.1) is 0 Å². The molecule has 1 aromatic rings. The number of aryl methyl sites for hydroxylation is 1. The monoisotopic (exact) mass is 346 g/mol. The summed E-state index contributed by atoms with van der Waals surface area (Å²) in [5, 5.41) is 2.89. The summed E-state index contributed by atoms with van der Waals surface area (Å²) in [7, 11) is 0. The molecule has 3 rings (SSSR count). The zero-order chi connectivity index (χ0) is 16.9. The van der Waals surface area contributed by atoms with Crippen molar-refractivity contribution >= 4 is 28.8 Å². The molecular weight excluding hydrogens is 324 g/mol. The van der Waals surface area contributed by atoms with Crippen LogP contribution in [-0.2, 0) is 16.0 Å². The molecule has 2 fully saturated rings. The minimum Gasteiger partial charge on any atom is -0.351 e. The predicted molar refractivity (Wildman–Crippen MR) is 93.6 cm³/mol. The molecule has 2 aliphatic rings. The topological polar surface area (TPSA) is 66.5 Å². The van der Waals surface area contributed by atoms with Gasteiger partial charge < -0.3 is 5.32 Å². The van der Waals surface area contributed by atoms with Gasteiger partial charge in [0.05, 0.1) is 11.8 Å². The molecule has 1 aliphatic heterocycles. The summed E-state index contributed by atoms with van der Waals surface area (Å²) in [6, 6.07) is 9.60. The van der Waals surface area contributed by atoms with Gasteiger partial charge in [0, 0.05) is 12.5 Å². The lowest BCUT2D eigenvalue weighted by molar-refractivity contribution is -0.129. The van der Waals surface area contributed by atoms with Crippen molar-refractivity contribution in [3.05, 3.63) is 35.9 Å². The van der Waals surface area contributed by atoms with E-state index in [1.807, 2.05) is 30.3 Å². The zero-order valence-corrected chi connectivity index (χ0v) is 14.4. The fourth-order valence-corrected chi connectivity index (χ4v) is 4.22. The van der Waals surface area contributed by atoms with Gasteiger partial charge in [-0.25, -0.2) is 0 Å². The van der Waals surface area contributed by atoms with Gasteiger partial charge in [0.2, 0.25) is 11.8 Å². The van der Waals surface area contributed by atoms with Crippen molar-refractivity contribution in [1.29, 1.82) is 0 Å². The van der Waals surface area contributed by atoms with Crippen molar-refractivity contribution in [3.63, 3.8) is 0 Å². The molecule has 0 bridgehead atoms. The van der Waals surface area contributed by atoms with Gasteiger partial charge in [0.15, 0.2) is 0 Å². The number of benzene rings is 1. The van der Waals surface area contributed by atoms with Crippen molar-refractivity contribution in [2.75, 3.05) is 5.75 Å². The van der Waals surface area contributed by atoms with E-state index in [1.54, 1.807) is 0 Å². The molecule has 0 aromatic heterocycles. The Bertz CT molecular complexity index is 604. The van der Waals surface area contributed by atoms with Crippen LogP contribution in [0.25, 0.3) is 0 Å². The molecule has 0 radical (unpaired) electrons. The van der Waals surface area contributed by atoms with Gasteiger partial charge in [0.1, 0.15) is 0 Å². The largest absolute Gasteiger partial charge is 0.351 e. The normalized spacial score (nSPS) is 24.2. The van der Waals surface area contributed by atoms with Crippen LogP contribution in [-0.4, -0.2) is 39.8 Å². The summed E-state index contributed by atoms with van der Waals surface area (Å²) < 4.78 is 0. The maximum absolute atomic E-state index is 12.3. The molecule has 1 saturated heterocycles. The maximum Gasteiger partial charge on any atom is 0.289 e. The molecule has 3 amide bonds. The first-order chi connectivity index (χ1) is 11.6. The molecule has 24 heavy (non-hydrogen) atoms. The van der Waals surface area contributed by atoms with E-state index in [0.29, 0.717) is 12.8 Å². The predicted octanol–water partition coefficient (Wildman–Crippen LogP) is 2.74. The van der Waals surface area contributed by atoms with Gasteiger partial charge in [-0.05, 0) is 24.8 Å². The molecule has 2 unspecified atom stereocenters. The van der Waals surface area contributed by atoms with Gasteiger partial charge in [-0.2, -0.15) is 0 Å². The quantitative estimate of drug-likeness (QED) is 0.890. The SMILES string of the molecule is O=C(CCc1ccccc1)NC1CCCCC1N1C(=O)CSC1=O. The molecule has 1 saturated carbocycles. The van der Waals surface area contributed by atoms with Crippen LogP contribution < -0.4 is 5.32 Å². The Hall–Kier alpha value is -1.82. The lowest BCUT2D eigenvalue weighted by Gasteiger charge is -2.36. The van der Waals surface area contributed by atoms with E-state index in [4.69, 9.17) is 0 Å². The minimum absolute atomic E-state index is 0.0116. The summed E-state index contributed by atoms with van der Waals surface area (Å²) in [5.74, 6) is 0.0900. The Balaban J connectivity index is 1.58. The van der Waals surface area contributed by atoms with Crippen LogP contribution in [0.3, 0.4) is 0 Å². The summed E-state index contributed by atoms with van der Waals surface area (Å²) >= 11 is 1.06. The van der Waals surface area contributed by atoms with Gasteiger partial charge in [0.25, 0.3) is 5.24 Å². The fraction of sp³-hybridized carbons (Fsp3) is 0.500. The average molecular weight is 346 g/mol. The van der Waals surface area contributed by atoms with Crippen LogP contribution in [0.4, 0.5) is 4.79 Å². The molecular formula is C18H22N2O3S. The lowest BCUT2D eigenvalue weighted by atomic mass is 9.89. The number of amides is 3. The first-order valence-corrected chi connectivity index (χ1v) is 9.46. The molecule has 2 atom stereocenters. The van der Waals surface area contributed by atoms with Crippen LogP contribution in [0.2, 0.25) is 0 Å². The van der Waals surface area contributed by atoms with E-state index in [1.165, 1.54) is 4.90 Å². The summed E-state index contributed by atoms with van der Waals surface area (Å²) in [4.78, 5) is 37.7. The van der Waals surface area contributed by atoms with Crippen molar-refractivity contribution in [3.8, 4) is 0 Å². The smallest absolute Gasteiger partial charge is 0.289 e. The highest BCUT2D eigenvalue weighted by molar-refractivity contribution is 8.14. The van der Waals surface area contributed by atoms with E-state index >= 15 is 0 Å². The number of thioether (sulfide) groups is 1. The average Bonchev–Trinajstić information content (AvgIpc) is 2.93. The second kappa shape index (κ2) is 7.83. The second-order valence-electron chi connectivity index (χ2n) is 6.33. The molecule has 1 N–H and O–H groups in total. The molecule has 1 heterocycles. The van der Waals surface area contributed by atoms with Crippen molar-refractivity contribution in [2.45, 2.75) is 50.6 Å². The van der Waals surface area contributed by atoms with Gasteiger partial charge in [-0.1, -0.05) is 54.9 Å².